The number of hydrogen-bond acceptors (Lipinski definition) is 3. The lowest BCUT2D eigenvalue weighted by Gasteiger charge is -2.00. The molecule has 4 heteroatoms. The first-order valence-electron chi connectivity index (χ1n) is 4.52. The third-order valence-electron chi connectivity index (χ3n) is 2.14. The van der Waals surface area contributed by atoms with Crippen molar-refractivity contribution in [3.8, 4) is 5.75 Å². The SMILES string of the molecule is COc1ccc(C(=O)c2cco[siH]2)cc1. The number of carbonyl (C=O) groups is 1. The number of carbonyl (C=O) groups excluding carboxylic acids is 1. The first-order valence-corrected chi connectivity index (χ1v) is 5.57. The maximum Gasteiger partial charge on any atom is 0.234 e. The van der Waals surface area contributed by atoms with Crippen LogP contribution in [0.4, 0.5) is 0 Å². The first kappa shape index (κ1) is 9.86. The van der Waals surface area contributed by atoms with Gasteiger partial charge in [0, 0.05) is 10.7 Å². The molecule has 0 atom stereocenters. The van der Waals surface area contributed by atoms with E-state index < -0.39 is 0 Å². The van der Waals surface area contributed by atoms with Crippen molar-refractivity contribution in [2.24, 2.45) is 0 Å². The molecule has 2 aromatic rings. The first-order chi connectivity index (χ1) is 7.31. The highest BCUT2D eigenvalue weighted by Crippen LogP contribution is 2.13. The highest BCUT2D eigenvalue weighted by atomic mass is 28.2. The Bertz CT molecular complexity index is 445. The zero-order chi connectivity index (χ0) is 10.7. The molecular formula is C11H10O3Si. The van der Waals surface area contributed by atoms with Crippen molar-refractivity contribution < 1.29 is 13.6 Å². The standard InChI is InChI=1S/C11H10O3Si/c1-13-9-4-2-8(3-5-9)11(12)10-6-7-14-15-10/h2-7,15H,1H3. The van der Waals surface area contributed by atoms with E-state index in [2.05, 4.69) is 0 Å². The molecule has 0 amide bonds. The molecule has 0 saturated heterocycles. The Labute approximate surface area is 89.6 Å². The van der Waals surface area contributed by atoms with Crippen LogP contribution in [0.1, 0.15) is 15.5 Å². The van der Waals surface area contributed by atoms with Crippen LogP contribution >= 0.6 is 0 Å². The summed E-state index contributed by atoms with van der Waals surface area (Å²) in [7, 11) is 1.25. The molecule has 0 spiro atoms. The van der Waals surface area contributed by atoms with Gasteiger partial charge < -0.3 is 8.83 Å². The van der Waals surface area contributed by atoms with Crippen LogP contribution in [0.15, 0.2) is 40.7 Å². The molecule has 0 bridgehead atoms. The Morgan fingerprint density at radius 1 is 1.27 bits per heavy atom. The molecule has 1 heterocycles. The van der Waals surface area contributed by atoms with E-state index in [9.17, 15) is 4.79 Å². The van der Waals surface area contributed by atoms with Crippen molar-refractivity contribution in [2.45, 2.75) is 0 Å². The van der Waals surface area contributed by atoms with E-state index in [-0.39, 0.29) is 15.2 Å². The molecule has 0 aliphatic heterocycles. The lowest BCUT2D eigenvalue weighted by atomic mass is 10.1. The molecule has 0 fully saturated rings. The Morgan fingerprint density at radius 3 is 2.53 bits per heavy atom. The molecule has 0 aliphatic rings. The minimum atomic E-state index is -0.348. The van der Waals surface area contributed by atoms with Crippen molar-refractivity contribution in [2.75, 3.05) is 7.11 Å². The summed E-state index contributed by atoms with van der Waals surface area (Å²) in [5, 5.41) is 0.764. The molecule has 76 valence electrons. The normalized spacial score (nSPS) is 9.93. The Balaban J connectivity index is 2.27. The average molecular weight is 218 g/mol. The zero-order valence-corrected chi connectivity index (χ0v) is 9.42. The topological polar surface area (TPSA) is 39.4 Å². The van der Waals surface area contributed by atoms with E-state index in [4.69, 9.17) is 8.83 Å². The largest absolute Gasteiger partial charge is 0.525 e. The summed E-state index contributed by atoms with van der Waals surface area (Å²) in [5.74, 6) is 0.795. The minimum absolute atomic E-state index is 0.0430. The van der Waals surface area contributed by atoms with E-state index in [1.807, 2.05) is 0 Å². The van der Waals surface area contributed by atoms with Crippen LogP contribution in [0.3, 0.4) is 0 Å². The maximum absolute atomic E-state index is 11.9. The van der Waals surface area contributed by atoms with Crippen LogP contribution < -0.4 is 4.74 Å². The van der Waals surface area contributed by atoms with Gasteiger partial charge in [-0.3, -0.25) is 4.79 Å². The molecule has 3 nitrogen and oxygen atoms in total. The predicted octanol–water partition coefficient (Wildman–Crippen LogP) is 1.59. The molecule has 1 aromatic carbocycles. The zero-order valence-electron chi connectivity index (χ0n) is 8.27. The summed E-state index contributed by atoms with van der Waals surface area (Å²) in [4.78, 5) is 11.9. The number of hydrogen-bond donors (Lipinski definition) is 0. The van der Waals surface area contributed by atoms with Crippen LogP contribution in [0.2, 0.25) is 0 Å². The summed E-state index contributed by atoms with van der Waals surface area (Å²) in [6.45, 7) is 0. The van der Waals surface area contributed by atoms with E-state index in [0.29, 0.717) is 5.56 Å². The van der Waals surface area contributed by atoms with Gasteiger partial charge in [0.1, 0.15) is 5.75 Å². The van der Waals surface area contributed by atoms with Crippen molar-refractivity contribution in [1.82, 2.24) is 0 Å². The van der Waals surface area contributed by atoms with Crippen molar-refractivity contribution in [3.05, 3.63) is 47.3 Å². The van der Waals surface area contributed by atoms with E-state index in [1.54, 1.807) is 43.7 Å². The van der Waals surface area contributed by atoms with Crippen LogP contribution in [0, 0.1) is 0 Å². The second kappa shape index (κ2) is 4.23. The fraction of sp³-hybridized carbons (Fsp3) is 0.0909. The van der Waals surface area contributed by atoms with Gasteiger partial charge in [0.25, 0.3) is 0 Å². The van der Waals surface area contributed by atoms with Gasteiger partial charge in [0.2, 0.25) is 9.38 Å². The maximum atomic E-state index is 11.9. The van der Waals surface area contributed by atoms with E-state index in [0.717, 1.165) is 10.9 Å². The molecule has 0 unspecified atom stereocenters. The van der Waals surface area contributed by atoms with Crippen molar-refractivity contribution in [3.63, 3.8) is 0 Å². The number of ether oxygens (including phenoxy) is 1. The Morgan fingerprint density at radius 2 is 2.00 bits per heavy atom. The van der Waals surface area contributed by atoms with Gasteiger partial charge in [-0.1, -0.05) is 0 Å². The molecule has 1 aromatic heterocycles. The Kier molecular flexibility index (Phi) is 2.78. The third-order valence-corrected chi connectivity index (χ3v) is 3.14. The highest BCUT2D eigenvalue weighted by Gasteiger charge is 2.09. The summed E-state index contributed by atoms with van der Waals surface area (Å²) < 4.78 is 10.1. The fourth-order valence-corrected chi connectivity index (χ4v) is 2.04. The third kappa shape index (κ3) is 2.05. The van der Waals surface area contributed by atoms with Gasteiger partial charge >= 0.3 is 0 Å². The van der Waals surface area contributed by atoms with E-state index >= 15 is 0 Å². The second-order valence-electron chi connectivity index (χ2n) is 3.07. The summed E-state index contributed by atoms with van der Waals surface area (Å²) in [5.41, 5.74) is 0.674. The Hall–Kier alpha value is -1.68. The van der Waals surface area contributed by atoms with E-state index in [1.165, 1.54) is 0 Å². The van der Waals surface area contributed by atoms with Gasteiger partial charge in [0.15, 0.2) is 5.78 Å². The quantitative estimate of drug-likeness (QED) is 0.580. The lowest BCUT2D eigenvalue weighted by Crippen LogP contribution is -2.01. The molecule has 0 N–H and O–H groups in total. The number of ketones is 1. The second-order valence-corrected chi connectivity index (χ2v) is 4.20. The molecular weight excluding hydrogens is 208 g/mol. The van der Waals surface area contributed by atoms with Gasteiger partial charge in [-0.05, 0) is 30.3 Å². The number of rotatable bonds is 3. The van der Waals surface area contributed by atoms with Crippen LogP contribution in [-0.2, 0) is 0 Å². The molecule has 0 aliphatic carbocycles. The summed E-state index contributed by atoms with van der Waals surface area (Å²) >= 11 is 0. The van der Waals surface area contributed by atoms with Crippen molar-refractivity contribution in [1.29, 1.82) is 0 Å². The molecule has 0 saturated carbocycles. The van der Waals surface area contributed by atoms with Crippen LogP contribution in [0.5, 0.6) is 5.75 Å². The van der Waals surface area contributed by atoms with Crippen LogP contribution in [0.25, 0.3) is 0 Å². The lowest BCUT2D eigenvalue weighted by molar-refractivity contribution is 0.104. The summed E-state index contributed by atoms with van der Waals surface area (Å²) in [6, 6.07) is 8.83. The number of benzene rings is 1. The van der Waals surface area contributed by atoms with Gasteiger partial charge in [-0.25, -0.2) is 0 Å². The van der Waals surface area contributed by atoms with Gasteiger partial charge in [0.05, 0.1) is 13.4 Å². The van der Waals surface area contributed by atoms with Gasteiger partial charge in [-0.15, -0.1) is 0 Å². The van der Waals surface area contributed by atoms with Gasteiger partial charge in [-0.2, -0.15) is 0 Å². The average Bonchev–Trinajstić information content (AvgIpc) is 2.82. The number of methoxy groups -OCH3 is 1. The van der Waals surface area contributed by atoms with Crippen LogP contribution in [-0.4, -0.2) is 22.3 Å². The molecule has 15 heavy (non-hydrogen) atoms. The minimum Gasteiger partial charge on any atom is -0.525 e. The molecule has 0 radical (unpaired) electrons. The fourth-order valence-electron chi connectivity index (χ4n) is 1.30. The molecule has 2 rings (SSSR count). The monoisotopic (exact) mass is 218 g/mol. The highest BCUT2D eigenvalue weighted by molar-refractivity contribution is 6.36. The van der Waals surface area contributed by atoms with Crippen molar-refractivity contribution >= 4 is 15.2 Å². The summed E-state index contributed by atoms with van der Waals surface area (Å²) in [6.07, 6.45) is 1.58. The smallest absolute Gasteiger partial charge is 0.234 e. The predicted molar refractivity (Wildman–Crippen MR) is 57.9 cm³/mol.